The second kappa shape index (κ2) is 7.82. The van der Waals surface area contributed by atoms with E-state index in [9.17, 15) is 4.79 Å². The van der Waals surface area contributed by atoms with Crippen LogP contribution in [0.15, 0.2) is 18.2 Å². The van der Waals surface area contributed by atoms with Crippen LogP contribution in [-0.2, 0) is 4.79 Å². The molecule has 2 aliphatic heterocycles. The van der Waals surface area contributed by atoms with Gasteiger partial charge >= 0.3 is 5.97 Å². The second-order valence-corrected chi connectivity index (χ2v) is 10.4. The van der Waals surface area contributed by atoms with Crippen molar-refractivity contribution in [3.8, 4) is 0 Å². The van der Waals surface area contributed by atoms with Crippen LogP contribution in [0.25, 0.3) is 0 Å². The molecule has 0 amide bonds. The van der Waals surface area contributed by atoms with Crippen LogP contribution in [0.1, 0.15) is 59.4 Å². The highest BCUT2D eigenvalue weighted by molar-refractivity contribution is 5.76. The Bertz CT molecular complexity index is 744. The maximum absolute atomic E-state index is 10.6. The lowest BCUT2D eigenvalue weighted by molar-refractivity contribution is -0.139. The number of benzene rings is 1. The normalized spacial score (nSPS) is 28.1. The summed E-state index contributed by atoms with van der Waals surface area (Å²) in [4.78, 5) is 15.8. The molecule has 1 aromatic rings. The molecule has 3 fully saturated rings. The van der Waals surface area contributed by atoms with E-state index in [0.29, 0.717) is 0 Å². The Morgan fingerprint density at radius 1 is 1.14 bits per heavy atom. The van der Waals surface area contributed by atoms with Crippen LogP contribution in [0.4, 0.5) is 11.4 Å². The molecular weight excluding hydrogens is 362 g/mol. The van der Waals surface area contributed by atoms with E-state index in [1.54, 1.807) is 0 Å². The zero-order chi connectivity index (χ0) is 21.6. The van der Waals surface area contributed by atoms with Gasteiger partial charge in [0.25, 0.3) is 0 Å². The average Bonchev–Trinajstić information content (AvgIpc) is 3.08. The van der Waals surface area contributed by atoms with E-state index in [1.807, 2.05) is 33.8 Å². The summed E-state index contributed by atoms with van der Waals surface area (Å²) in [5.74, 6) is -0.810. The molecule has 3 aliphatic rings. The van der Waals surface area contributed by atoms with E-state index in [4.69, 9.17) is 10.8 Å². The van der Waals surface area contributed by atoms with Gasteiger partial charge in [0, 0.05) is 36.5 Å². The monoisotopic (exact) mass is 401 g/mol. The van der Waals surface area contributed by atoms with Crippen molar-refractivity contribution in [1.29, 1.82) is 0 Å². The molecule has 162 valence electrons. The molecule has 2 heterocycles. The van der Waals surface area contributed by atoms with Gasteiger partial charge < -0.3 is 15.7 Å². The van der Waals surface area contributed by atoms with Crippen molar-refractivity contribution in [2.45, 2.75) is 72.9 Å². The summed E-state index contributed by atoms with van der Waals surface area (Å²) in [5, 5.41) is 8.72. The molecule has 0 radical (unpaired) electrons. The smallest absolute Gasteiger partial charge is 0.307 e. The number of carboxylic acids is 1. The molecule has 4 rings (SSSR count). The summed E-state index contributed by atoms with van der Waals surface area (Å²) in [6.07, 6.45) is 4.05. The molecule has 5 nitrogen and oxygen atoms in total. The number of nitrogen functional groups attached to an aromatic ring is 1. The number of likely N-dealkylation sites (tertiary alicyclic amines) is 1. The van der Waals surface area contributed by atoms with Crippen molar-refractivity contribution in [2.75, 3.05) is 30.3 Å². The molecule has 1 aromatic carbocycles. The average molecular weight is 402 g/mol. The number of hydrogen-bond donors (Lipinski definition) is 2. The number of carbonyl (C=O) groups is 1. The van der Waals surface area contributed by atoms with Crippen molar-refractivity contribution >= 4 is 17.3 Å². The molecule has 5 heteroatoms. The van der Waals surface area contributed by atoms with Gasteiger partial charge in [0.05, 0.1) is 5.92 Å². The highest BCUT2D eigenvalue weighted by Crippen LogP contribution is 2.68. The van der Waals surface area contributed by atoms with E-state index in [-0.39, 0.29) is 16.7 Å². The van der Waals surface area contributed by atoms with Crippen molar-refractivity contribution in [2.24, 2.45) is 16.7 Å². The van der Waals surface area contributed by atoms with Gasteiger partial charge in [-0.25, -0.2) is 0 Å². The van der Waals surface area contributed by atoms with Crippen LogP contribution >= 0.6 is 0 Å². The molecule has 2 atom stereocenters. The third-order valence-electron chi connectivity index (χ3n) is 8.12. The predicted octanol–water partition coefficient (Wildman–Crippen LogP) is 4.39. The first-order chi connectivity index (χ1) is 13.5. The molecule has 0 aromatic heterocycles. The van der Waals surface area contributed by atoms with E-state index in [1.165, 1.54) is 50.1 Å². The minimum atomic E-state index is -0.657. The molecule has 0 bridgehead atoms. The summed E-state index contributed by atoms with van der Waals surface area (Å²) in [6.45, 7) is 16.1. The molecule has 2 saturated heterocycles. The maximum atomic E-state index is 10.6. The minimum Gasteiger partial charge on any atom is -0.481 e. The third kappa shape index (κ3) is 4.11. The van der Waals surface area contributed by atoms with Crippen LogP contribution in [0.3, 0.4) is 0 Å². The Hall–Kier alpha value is -1.75. The largest absolute Gasteiger partial charge is 0.481 e. The SMILES string of the molecule is CC1(C)C(C(=O)O)C1(C)C.Cc1cc(N2CCC(N3CCCC3C)C2)ccc1N. The van der Waals surface area contributed by atoms with E-state index in [0.717, 1.165) is 17.8 Å². The van der Waals surface area contributed by atoms with Crippen molar-refractivity contribution in [1.82, 2.24) is 4.90 Å². The number of hydrogen-bond acceptors (Lipinski definition) is 4. The van der Waals surface area contributed by atoms with Crippen molar-refractivity contribution in [3.63, 3.8) is 0 Å². The van der Waals surface area contributed by atoms with Crippen molar-refractivity contribution < 1.29 is 9.90 Å². The first-order valence-electron chi connectivity index (χ1n) is 11.1. The lowest BCUT2D eigenvalue weighted by Gasteiger charge is -2.28. The molecule has 1 saturated carbocycles. The highest BCUT2D eigenvalue weighted by Gasteiger charge is 2.68. The van der Waals surface area contributed by atoms with E-state index in [2.05, 4.69) is 35.8 Å². The fraction of sp³-hybridized carbons (Fsp3) is 0.708. The van der Waals surface area contributed by atoms with E-state index >= 15 is 0 Å². The zero-order valence-corrected chi connectivity index (χ0v) is 19.0. The molecule has 3 N–H and O–H groups in total. The Labute approximate surface area is 176 Å². The zero-order valence-electron chi connectivity index (χ0n) is 19.0. The van der Waals surface area contributed by atoms with Crippen LogP contribution in [0, 0.1) is 23.7 Å². The number of rotatable bonds is 3. The van der Waals surface area contributed by atoms with Gasteiger partial charge in [-0.05, 0) is 74.2 Å². The lowest BCUT2D eigenvalue weighted by atomic mass is 10.0. The fourth-order valence-corrected chi connectivity index (χ4v) is 5.42. The topological polar surface area (TPSA) is 69.8 Å². The van der Waals surface area contributed by atoms with Crippen LogP contribution in [0.2, 0.25) is 0 Å². The molecular formula is C24H39N3O2. The minimum absolute atomic E-state index is 0.0150. The maximum Gasteiger partial charge on any atom is 0.307 e. The van der Waals surface area contributed by atoms with Gasteiger partial charge in [-0.15, -0.1) is 0 Å². The Morgan fingerprint density at radius 3 is 2.24 bits per heavy atom. The van der Waals surface area contributed by atoms with Gasteiger partial charge in [-0.2, -0.15) is 0 Å². The van der Waals surface area contributed by atoms with Gasteiger partial charge in [0.15, 0.2) is 0 Å². The summed E-state index contributed by atoms with van der Waals surface area (Å²) in [6, 6.07) is 7.95. The summed E-state index contributed by atoms with van der Waals surface area (Å²) in [7, 11) is 0. The lowest BCUT2D eigenvalue weighted by Crippen LogP contribution is -2.39. The van der Waals surface area contributed by atoms with Crippen LogP contribution in [0.5, 0.6) is 0 Å². The Morgan fingerprint density at radius 2 is 1.79 bits per heavy atom. The Kier molecular flexibility index (Phi) is 5.92. The van der Waals surface area contributed by atoms with Gasteiger partial charge in [0.1, 0.15) is 0 Å². The van der Waals surface area contributed by atoms with Crippen LogP contribution < -0.4 is 10.6 Å². The number of nitrogens with zero attached hydrogens (tertiary/aromatic N) is 2. The first-order valence-corrected chi connectivity index (χ1v) is 11.1. The Balaban J connectivity index is 0.000000204. The molecule has 2 unspecified atom stereocenters. The number of nitrogens with two attached hydrogens (primary N) is 1. The summed E-state index contributed by atoms with van der Waals surface area (Å²) >= 11 is 0. The fourth-order valence-electron chi connectivity index (χ4n) is 5.42. The quantitative estimate of drug-likeness (QED) is 0.735. The molecule has 29 heavy (non-hydrogen) atoms. The highest BCUT2D eigenvalue weighted by atomic mass is 16.4. The van der Waals surface area contributed by atoms with Gasteiger partial charge in [-0.3, -0.25) is 9.69 Å². The summed E-state index contributed by atoms with van der Waals surface area (Å²) in [5.41, 5.74) is 9.30. The number of aryl methyl sites for hydroxylation is 1. The summed E-state index contributed by atoms with van der Waals surface area (Å²) < 4.78 is 0. The molecule has 1 aliphatic carbocycles. The van der Waals surface area contributed by atoms with Crippen LogP contribution in [-0.4, -0.2) is 47.7 Å². The first kappa shape index (κ1) is 21.9. The molecule has 0 spiro atoms. The van der Waals surface area contributed by atoms with E-state index < -0.39 is 5.97 Å². The van der Waals surface area contributed by atoms with Gasteiger partial charge in [0.2, 0.25) is 0 Å². The standard InChI is InChI=1S/C16H25N3.C8H14O2/c1-12-10-14(5-6-16(12)17)18-9-7-15(11-18)19-8-3-4-13(19)2;1-7(2)5(6(9)10)8(7,3)4/h5-6,10,13,15H,3-4,7-9,11,17H2,1-2H3;5H,1-4H3,(H,9,10). The number of anilines is 2. The predicted molar refractivity (Wildman–Crippen MR) is 120 cm³/mol. The van der Waals surface area contributed by atoms with Crippen molar-refractivity contribution in [3.05, 3.63) is 23.8 Å². The third-order valence-corrected chi connectivity index (χ3v) is 8.12. The second-order valence-electron chi connectivity index (χ2n) is 10.4. The number of carboxylic acid groups (broad SMARTS) is 1. The number of aliphatic carboxylic acids is 1. The van der Waals surface area contributed by atoms with Gasteiger partial charge in [-0.1, -0.05) is 27.7 Å².